The predicted octanol–water partition coefficient (Wildman–Crippen LogP) is -1.84. The second-order valence-electron chi connectivity index (χ2n) is 4.73. The fourth-order valence-corrected chi connectivity index (χ4v) is 2.21. The molecule has 0 aromatic carbocycles. The lowest BCUT2D eigenvalue weighted by Crippen LogP contribution is -2.61. The average molecular weight is 243 g/mol. The quantitative estimate of drug-likeness (QED) is 0.531. The minimum Gasteiger partial charge on any atom is -0.394 e. The van der Waals surface area contributed by atoms with Gasteiger partial charge in [0.15, 0.2) is 0 Å². The molecule has 3 unspecified atom stereocenters. The van der Waals surface area contributed by atoms with E-state index in [0.29, 0.717) is 32.3 Å². The second kappa shape index (κ2) is 5.77. The van der Waals surface area contributed by atoms with Gasteiger partial charge in [-0.1, -0.05) is 0 Å². The number of nitrogens with one attached hydrogen (secondary N) is 2. The molecule has 0 radical (unpaired) electrons. The van der Waals surface area contributed by atoms with Crippen LogP contribution < -0.4 is 10.6 Å². The standard InChI is InChI=1S/C11H21N3O3/c1-8-4-13-10(5-12-8)11(16)14-2-3-17-9(6-14)7-15/h8-10,12-13,15H,2-7H2,1H3. The highest BCUT2D eigenvalue weighted by atomic mass is 16.5. The van der Waals surface area contributed by atoms with Crippen molar-refractivity contribution >= 4 is 5.91 Å². The number of carbonyl (C=O) groups excluding carboxylic acids is 1. The van der Waals surface area contributed by atoms with Crippen molar-refractivity contribution in [3.63, 3.8) is 0 Å². The van der Waals surface area contributed by atoms with Crippen LogP contribution in [0.1, 0.15) is 6.92 Å². The van der Waals surface area contributed by atoms with E-state index in [1.165, 1.54) is 0 Å². The van der Waals surface area contributed by atoms with E-state index in [1.54, 1.807) is 4.90 Å². The Bertz CT molecular complexity index is 267. The van der Waals surface area contributed by atoms with Crippen molar-refractivity contribution in [1.29, 1.82) is 0 Å². The summed E-state index contributed by atoms with van der Waals surface area (Å²) >= 11 is 0. The van der Waals surface area contributed by atoms with Crippen molar-refractivity contribution in [2.24, 2.45) is 0 Å². The van der Waals surface area contributed by atoms with E-state index >= 15 is 0 Å². The zero-order valence-electron chi connectivity index (χ0n) is 10.2. The average Bonchev–Trinajstić information content (AvgIpc) is 2.39. The molecule has 2 heterocycles. The Hall–Kier alpha value is -0.690. The van der Waals surface area contributed by atoms with Gasteiger partial charge in [-0.15, -0.1) is 0 Å². The Morgan fingerprint density at radius 1 is 1.47 bits per heavy atom. The highest BCUT2D eigenvalue weighted by Gasteiger charge is 2.30. The second-order valence-corrected chi connectivity index (χ2v) is 4.73. The number of ether oxygens (including phenoxy) is 1. The fraction of sp³-hybridized carbons (Fsp3) is 0.909. The van der Waals surface area contributed by atoms with E-state index in [9.17, 15) is 4.79 Å². The summed E-state index contributed by atoms with van der Waals surface area (Å²) in [7, 11) is 0. The molecule has 17 heavy (non-hydrogen) atoms. The Labute approximate surface area is 101 Å². The van der Waals surface area contributed by atoms with Gasteiger partial charge in [-0.2, -0.15) is 0 Å². The normalized spacial score (nSPS) is 34.7. The van der Waals surface area contributed by atoms with Crippen LogP contribution in [-0.4, -0.2) is 73.5 Å². The van der Waals surface area contributed by atoms with Gasteiger partial charge in [-0.25, -0.2) is 0 Å². The van der Waals surface area contributed by atoms with Crippen LogP contribution in [0.15, 0.2) is 0 Å². The SMILES string of the molecule is CC1CNC(C(=O)N2CCOC(CO)C2)CN1. The Morgan fingerprint density at radius 2 is 2.29 bits per heavy atom. The number of aliphatic hydroxyl groups excluding tert-OH is 1. The molecular formula is C11H21N3O3. The number of rotatable bonds is 2. The zero-order valence-corrected chi connectivity index (χ0v) is 10.2. The molecule has 3 atom stereocenters. The maximum atomic E-state index is 12.2. The van der Waals surface area contributed by atoms with Gasteiger partial charge >= 0.3 is 0 Å². The monoisotopic (exact) mass is 243 g/mol. The summed E-state index contributed by atoms with van der Waals surface area (Å²) in [6.45, 7) is 5.15. The number of amides is 1. The molecule has 0 aliphatic carbocycles. The van der Waals surface area contributed by atoms with Crippen molar-refractivity contribution in [3.05, 3.63) is 0 Å². The number of nitrogens with zero attached hydrogens (tertiary/aromatic N) is 1. The topological polar surface area (TPSA) is 73.8 Å². The molecule has 0 spiro atoms. The van der Waals surface area contributed by atoms with Gasteiger partial charge in [0, 0.05) is 32.2 Å². The molecule has 2 aliphatic rings. The van der Waals surface area contributed by atoms with Gasteiger partial charge in [0.1, 0.15) is 0 Å². The first-order chi connectivity index (χ1) is 8.20. The maximum absolute atomic E-state index is 12.2. The summed E-state index contributed by atoms with van der Waals surface area (Å²) in [4.78, 5) is 14.0. The molecule has 1 amide bonds. The molecule has 6 heteroatoms. The highest BCUT2D eigenvalue weighted by Crippen LogP contribution is 2.07. The first-order valence-corrected chi connectivity index (χ1v) is 6.18. The molecule has 6 nitrogen and oxygen atoms in total. The van der Waals surface area contributed by atoms with Gasteiger partial charge in [0.2, 0.25) is 5.91 Å². The summed E-state index contributed by atoms with van der Waals surface area (Å²) in [6.07, 6.45) is -0.233. The zero-order chi connectivity index (χ0) is 12.3. The lowest BCUT2D eigenvalue weighted by Gasteiger charge is -2.36. The molecule has 0 saturated carbocycles. The van der Waals surface area contributed by atoms with Gasteiger partial charge in [0.25, 0.3) is 0 Å². The fourth-order valence-electron chi connectivity index (χ4n) is 2.21. The number of carbonyl (C=O) groups is 1. The number of aliphatic hydroxyl groups is 1. The largest absolute Gasteiger partial charge is 0.394 e. The molecule has 98 valence electrons. The Kier molecular flexibility index (Phi) is 4.33. The number of hydrogen-bond donors (Lipinski definition) is 3. The van der Waals surface area contributed by atoms with E-state index in [1.807, 2.05) is 0 Å². The molecule has 2 rings (SSSR count). The molecule has 2 saturated heterocycles. The molecule has 3 N–H and O–H groups in total. The van der Waals surface area contributed by atoms with Gasteiger partial charge in [0.05, 0.1) is 25.4 Å². The van der Waals surface area contributed by atoms with E-state index in [0.717, 1.165) is 6.54 Å². The summed E-state index contributed by atoms with van der Waals surface area (Å²) in [5.74, 6) is 0.103. The summed E-state index contributed by atoms with van der Waals surface area (Å²) in [6, 6.07) is 0.262. The van der Waals surface area contributed by atoms with E-state index in [4.69, 9.17) is 9.84 Å². The lowest BCUT2D eigenvalue weighted by molar-refractivity contribution is -0.142. The third-order valence-corrected chi connectivity index (χ3v) is 3.29. The lowest BCUT2D eigenvalue weighted by atomic mass is 10.1. The van der Waals surface area contributed by atoms with Crippen LogP contribution in [0.25, 0.3) is 0 Å². The Morgan fingerprint density at radius 3 is 2.94 bits per heavy atom. The van der Waals surface area contributed by atoms with Crippen LogP contribution in [0, 0.1) is 0 Å². The minimum absolute atomic E-state index is 0.0306. The number of hydrogen-bond acceptors (Lipinski definition) is 5. The van der Waals surface area contributed by atoms with E-state index in [-0.39, 0.29) is 24.7 Å². The maximum Gasteiger partial charge on any atom is 0.241 e. The van der Waals surface area contributed by atoms with Gasteiger partial charge in [-0.3, -0.25) is 4.79 Å². The minimum atomic E-state index is -0.233. The van der Waals surface area contributed by atoms with Crippen molar-refractivity contribution < 1.29 is 14.6 Å². The number of morpholine rings is 1. The van der Waals surface area contributed by atoms with Crippen LogP contribution in [0.4, 0.5) is 0 Å². The predicted molar refractivity (Wildman–Crippen MR) is 62.7 cm³/mol. The Balaban J connectivity index is 1.86. The van der Waals surface area contributed by atoms with Crippen LogP contribution in [0.5, 0.6) is 0 Å². The molecule has 2 aliphatic heterocycles. The molecule has 2 fully saturated rings. The summed E-state index contributed by atoms with van der Waals surface area (Å²) < 4.78 is 5.33. The molecule has 0 bridgehead atoms. The first-order valence-electron chi connectivity index (χ1n) is 6.18. The van der Waals surface area contributed by atoms with E-state index in [2.05, 4.69) is 17.6 Å². The van der Waals surface area contributed by atoms with Crippen molar-refractivity contribution in [2.75, 3.05) is 39.4 Å². The third-order valence-electron chi connectivity index (χ3n) is 3.29. The van der Waals surface area contributed by atoms with Crippen LogP contribution in [0.2, 0.25) is 0 Å². The van der Waals surface area contributed by atoms with Crippen molar-refractivity contribution in [1.82, 2.24) is 15.5 Å². The smallest absolute Gasteiger partial charge is 0.241 e. The van der Waals surface area contributed by atoms with Crippen LogP contribution >= 0.6 is 0 Å². The molecule has 0 aromatic rings. The summed E-state index contributed by atoms with van der Waals surface area (Å²) in [5.41, 5.74) is 0. The van der Waals surface area contributed by atoms with Crippen LogP contribution in [-0.2, 0) is 9.53 Å². The van der Waals surface area contributed by atoms with Gasteiger partial charge in [-0.05, 0) is 6.92 Å². The van der Waals surface area contributed by atoms with Crippen molar-refractivity contribution in [3.8, 4) is 0 Å². The van der Waals surface area contributed by atoms with Crippen LogP contribution in [0.3, 0.4) is 0 Å². The van der Waals surface area contributed by atoms with E-state index < -0.39 is 0 Å². The summed E-state index contributed by atoms with van der Waals surface area (Å²) in [5, 5.41) is 15.6. The number of piperazine rings is 1. The third kappa shape index (κ3) is 3.16. The first kappa shape index (κ1) is 12.8. The highest BCUT2D eigenvalue weighted by molar-refractivity contribution is 5.82. The van der Waals surface area contributed by atoms with Crippen molar-refractivity contribution in [2.45, 2.75) is 25.1 Å². The molecule has 0 aromatic heterocycles. The molecular weight excluding hydrogens is 222 g/mol. The van der Waals surface area contributed by atoms with Gasteiger partial charge < -0.3 is 25.4 Å².